The van der Waals surface area contributed by atoms with E-state index in [0.29, 0.717) is 0 Å². The second-order valence-corrected chi connectivity index (χ2v) is 5.38. The van der Waals surface area contributed by atoms with Crippen LogP contribution < -0.4 is 10.6 Å². The van der Waals surface area contributed by atoms with Crippen molar-refractivity contribution in [1.82, 2.24) is 10.6 Å². The quantitative estimate of drug-likeness (QED) is 0.721. The van der Waals surface area contributed by atoms with Crippen LogP contribution in [0.2, 0.25) is 0 Å². The Bertz CT molecular complexity index is 464. The van der Waals surface area contributed by atoms with Crippen molar-refractivity contribution < 1.29 is 23.1 Å². The fourth-order valence-corrected chi connectivity index (χ4v) is 1.78. The molecular weight excluding hydrogens is 297 g/mol. The highest BCUT2D eigenvalue weighted by molar-refractivity contribution is 5.78. The molecule has 1 rings (SSSR count). The molecular formula is C15H21F3N2O2. The first-order chi connectivity index (χ1) is 10.2. The lowest BCUT2D eigenvalue weighted by Gasteiger charge is -2.22. The number of benzene rings is 1. The maximum absolute atomic E-state index is 13.0. The number of rotatable bonds is 7. The third kappa shape index (κ3) is 6.03. The molecule has 1 amide bonds. The van der Waals surface area contributed by atoms with Crippen molar-refractivity contribution in [3.63, 3.8) is 0 Å². The molecule has 0 aliphatic rings. The average molecular weight is 318 g/mol. The van der Waals surface area contributed by atoms with E-state index in [1.807, 2.05) is 0 Å². The first-order valence-corrected chi connectivity index (χ1v) is 7.01. The van der Waals surface area contributed by atoms with Crippen LogP contribution in [0.15, 0.2) is 30.3 Å². The lowest BCUT2D eigenvalue weighted by molar-refractivity contribution is -0.158. The fraction of sp³-hybridized carbons (Fsp3) is 0.533. The molecule has 2 atom stereocenters. The number of hydrogen-bond donors (Lipinski definition) is 3. The van der Waals surface area contributed by atoms with Crippen molar-refractivity contribution in [2.45, 2.75) is 32.2 Å². The number of aliphatic hydroxyl groups is 1. The predicted molar refractivity (Wildman–Crippen MR) is 77.1 cm³/mol. The summed E-state index contributed by atoms with van der Waals surface area (Å²) in [6.07, 6.45) is -5.23. The number of alkyl halides is 3. The molecule has 0 radical (unpaired) electrons. The molecule has 0 heterocycles. The van der Waals surface area contributed by atoms with Crippen molar-refractivity contribution in [2.24, 2.45) is 5.92 Å². The van der Waals surface area contributed by atoms with Crippen LogP contribution >= 0.6 is 0 Å². The van der Waals surface area contributed by atoms with Crippen molar-refractivity contribution in [2.75, 3.05) is 13.1 Å². The summed E-state index contributed by atoms with van der Waals surface area (Å²) in [5.41, 5.74) is 0.0463. The summed E-state index contributed by atoms with van der Waals surface area (Å²) in [6.45, 7) is 3.10. The molecule has 3 N–H and O–H groups in total. The molecule has 0 aromatic heterocycles. The molecule has 2 unspecified atom stereocenters. The molecule has 0 aliphatic carbocycles. The first-order valence-electron chi connectivity index (χ1n) is 7.01. The molecule has 0 aliphatic heterocycles. The van der Waals surface area contributed by atoms with Gasteiger partial charge in [-0.3, -0.25) is 10.1 Å². The third-order valence-corrected chi connectivity index (χ3v) is 3.20. The van der Waals surface area contributed by atoms with Crippen LogP contribution in [0.5, 0.6) is 0 Å². The Hall–Kier alpha value is -1.60. The lowest BCUT2D eigenvalue weighted by Crippen LogP contribution is -2.43. The van der Waals surface area contributed by atoms with Gasteiger partial charge in [0.25, 0.3) is 0 Å². The van der Waals surface area contributed by atoms with E-state index in [9.17, 15) is 23.1 Å². The van der Waals surface area contributed by atoms with Gasteiger partial charge in [-0.25, -0.2) is 0 Å². The van der Waals surface area contributed by atoms with Gasteiger partial charge in [-0.2, -0.15) is 13.2 Å². The molecule has 22 heavy (non-hydrogen) atoms. The second-order valence-electron chi connectivity index (χ2n) is 5.38. The Labute approximate surface area is 127 Å². The fourth-order valence-electron chi connectivity index (χ4n) is 1.78. The van der Waals surface area contributed by atoms with Crippen LogP contribution in [0.25, 0.3) is 0 Å². The smallest absolute Gasteiger partial charge is 0.391 e. The highest BCUT2D eigenvalue weighted by Gasteiger charge is 2.40. The minimum Gasteiger partial charge on any atom is -0.391 e. The van der Waals surface area contributed by atoms with Crippen LogP contribution in [-0.4, -0.2) is 36.4 Å². The monoisotopic (exact) mass is 318 g/mol. The number of aliphatic hydroxyl groups excluding tert-OH is 1. The maximum atomic E-state index is 13.0. The number of carbonyl (C=O) groups excluding carboxylic acids is 1. The van der Waals surface area contributed by atoms with Gasteiger partial charge in [-0.15, -0.1) is 0 Å². The molecule has 0 spiro atoms. The van der Waals surface area contributed by atoms with Crippen LogP contribution in [0.4, 0.5) is 13.2 Å². The number of amides is 1. The molecule has 7 heteroatoms. The van der Waals surface area contributed by atoms with Gasteiger partial charge in [0.1, 0.15) is 6.04 Å². The zero-order valence-electron chi connectivity index (χ0n) is 12.5. The largest absolute Gasteiger partial charge is 0.407 e. The zero-order valence-corrected chi connectivity index (χ0v) is 12.5. The molecule has 4 nitrogen and oxygen atoms in total. The summed E-state index contributed by atoms with van der Waals surface area (Å²) in [4.78, 5) is 11.6. The second kappa shape index (κ2) is 8.14. The van der Waals surface area contributed by atoms with E-state index in [1.54, 1.807) is 19.9 Å². The highest BCUT2D eigenvalue weighted by atomic mass is 19.4. The number of hydrogen-bond acceptors (Lipinski definition) is 3. The summed E-state index contributed by atoms with van der Waals surface area (Å²) in [5.74, 6) is -0.634. The van der Waals surface area contributed by atoms with Crippen LogP contribution in [0.1, 0.15) is 25.5 Å². The van der Waals surface area contributed by atoms with Gasteiger partial charge in [0.05, 0.1) is 12.6 Å². The standard InChI is InChI=1S/C15H21F3N2O2/c1-10(2)12(21)8-19-13(22)9-20-14(15(16,17)18)11-6-4-3-5-7-11/h3-7,10,12,14,20-21H,8-9H2,1-2H3,(H,19,22). The van der Waals surface area contributed by atoms with Gasteiger partial charge in [0, 0.05) is 6.54 Å². The van der Waals surface area contributed by atoms with E-state index in [4.69, 9.17) is 0 Å². The van der Waals surface area contributed by atoms with Gasteiger partial charge in [0.15, 0.2) is 0 Å². The summed E-state index contributed by atoms with van der Waals surface area (Å²) in [5, 5.41) is 14.2. The molecule has 1 aromatic rings. The summed E-state index contributed by atoms with van der Waals surface area (Å²) in [6, 6.07) is 5.44. The Morgan fingerprint density at radius 3 is 2.32 bits per heavy atom. The minimum absolute atomic E-state index is 0.0141. The minimum atomic E-state index is -4.50. The Balaban J connectivity index is 2.56. The van der Waals surface area contributed by atoms with Gasteiger partial charge in [-0.05, 0) is 11.5 Å². The summed E-state index contributed by atoms with van der Waals surface area (Å²) < 4.78 is 39.1. The zero-order chi connectivity index (χ0) is 16.8. The Kier molecular flexibility index (Phi) is 6.83. The van der Waals surface area contributed by atoms with Gasteiger partial charge in [0.2, 0.25) is 5.91 Å². The van der Waals surface area contributed by atoms with Crippen LogP contribution in [0.3, 0.4) is 0 Å². The Morgan fingerprint density at radius 2 is 1.82 bits per heavy atom. The van der Waals surface area contributed by atoms with Gasteiger partial charge in [-0.1, -0.05) is 44.2 Å². The normalized spacial score (nSPS) is 14.7. The van der Waals surface area contributed by atoms with Crippen molar-refractivity contribution in [3.05, 3.63) is 35.9 Å². The Morgan fingerprint density at radius 1 is 1.23 bits per heavy atom. The third-order valence-electron chi connectivity index (χ3n) is 3.20. The molecule has 0 saturated carbocycles. The molecule has 0 bridgehead atoms. The van der Waals surface area contributed by atoms with E-state index >= 15 is 0 Å². The number of halogens is 3. The van der Waals surface area contributed by atoms with Crippen molar-refractivity contribution in [3.8, 4) is 0 Å². The highest BCUT2D eigenvalue weighted by Crippen LogP contribution is 2.32. The average Bonchev–Trinajstić information content (AvgIpc) is 2.44. The van der Waals surface area contributed by atoms with Gasteiger partial charge < -0.3 is 10.4 Å². The van der Waals surface area contributed by atoms with Gasteiger partial charge >= 0.3 is 6.18 Å². The van der Waals surface area contributed by atoms with E-state index in [1.165, 1.54) is 24.3 Å². The number of carbonyl (C=O) groups is 1. The topological polar surface area (TPSA) is 61.4 Å². The predicted octanol–water partition coefficient (Wildman–Crippen LogP) is 2.01. The maximum Gasteiger partial charge on any atom is 0.407 e. The van der Waals surface area contributed by atoms with E-state index in [2.05, 4.69) is 10.6 Å². The number of nitrogens with one attached hydrogen (secondary N) is 2. The SMILES string of the molecule is CC(C)C(O)CNC(=O)CNC(c1ccccc1)C(F)(F)F. The lowest BCUT2D eigenvalue weighted by atomic mass is 10.1. The molecule has 124 valence electrons. The van der Waals surface area contributed by atoms with Crippen LogP contribution in [0, 0.1) is 5.92 Å². The van der Waals surface area contributed by atoms with E-state index < -0.39 is 30.8 Å². The van der Waals surface area contributed by atoms with Crippen molar-refractivity contribution >= 4 is 5.91 Å². The first kappa shape index (κ1) is 18.4. The van der Waals surface area contributed by atoms with Crippen molar-refractivity contribution in [1.29, 1.82) is 0 Å². The van der Waals surface area contributed by atoms with Crippen LogP contribution in [-0.2, 0) is 4.79 Å². The van der Waals surface area contributed by atoms with E-state index in [-0.39, 0.29) is 18.0 Å². The summed E-state index contributed by atoms with van der Waals surface area (Å²) in [7, 11) is 0. The molecule has 0 saturated heterocycles. The summed E-state index contributed by atoms with van der Waals surface area (Å²) >= 11 is 0. The molecule has 1 aromatic carbocycles. The van der Waals surface area contributed by atoms with E-state index in [0.717, 1.165) is 0 Å². The molecule has 0 fully saturated rings.